The Bertz CT molecular complexity index is 357. The number of halogens is 1. The topological polar surface area (TPSA) is 35.5 Å². The molecule has 0 aromatic heterocycles. The minimum atomic E-state index is -0.996. The predicted octanol–water partition coefficient (Wildman–Crippen LogP) is 3.70. The molecule has 0 aliphatic rings. The fourth-order valence-electron chi connectivity index (χ4n) is 1.14. The number of hydrogen-bond donors (Lipinski definition) is 0. The molecular weight excluding hydrogens is 240 g/mol. The average Bonchev–Trinajstić information content (AvgIpc) is 2.21. The monoisotopic (exact) mass is 258 g/mol. The first-order valence-corrected chi connectivity index (χ1v) is 5.45. The van der Waals surface area contributed by atoms with Gasteiger partial charge in [0.05, 0.1) is 6.61 Å². The third-order valence-electron chi connectivity index (χ3n) is 1.95. The number of ether oxygens (including phenoxy) is 2. The molecule has 4 heteroatoms. The molecule has 0 aliphatic heterocycles. The van der Waals surface area contributed by atoms with E-state index < -0.39 is 5.60 Å². The van der Waals surface area contributed by atoms with Crippen LogP contribution in [0.4, 0.5) is 0 Å². The Labute approximate surface area is 108 Å². The molecule has 17 heavy (non-hydrogen) atoms. The fourth-order valence-corrected chi connectivity index (χ4v) is 1.27. The molecule has 0 heterocycles. The minimum absolute atomic E-state index is 0. The Hall–Kier alpha value is -1.22. The molecule has 1 aromatic carbocycles. The first-order chi connectivity index (χ1) is 7.45. The summed E-state index contributed by atoms with van der Waals surface area (Å²) in [5.74, 6) is 0.201. The van der Waals surface area contributed by atoms with Gasteiger partial charge in [0.1, 0.15) is 5.75 Å². The normalized spacial score (nSPS) is 10.4. The lowest BCUT2D eigenvalue weighted by Crippen LogP contribution is -2.39. The summed E-state index contributed by atoms with van der Waals surface area (Å²) in [5, 5.41) is 0.626. The van der Waals surface area contributed by atoms with Gasteiger partial charge in [0.2, 0.25) is 0 Å². The highest BCUT2D eigenvalue weighted by Gasteiger charge is 2.31. The van der Waals surface area contributed by atoms with Gasteiger partial charge in [-0.05, 0) is 45.0 Å². The van der Waals surface area contributed by atoms with Crippen molar-refractivity contribution in [2.75, 3.05) is 6.61 Å². The van der Waals surface area contributed by atoms with Gasteiger partial charge in [-0.2, -0.15) is 0 Å². The number of carbonyl (C=O) groups excluding carboxylic acids is 1. The lowest BCUT2D eigenvalue weighted by Gasteiger charge is -2.23. The van der Waals surface area contributed by atoms with E-state index in [1.807, 2.05) is 0 Å². The lowest BCUT2D eigenvalue weighted by atomic mass is 10.1. The molecule has 0 unspecified atom stereocenters. The van der Waals surface area contributed by atoms with Gasteiger partial charge in [-0.3, -0.25) is 0 Å². The van der Waals surface area contributed by atoms with Crippen molar-refractivity contribution in [2.45, 2.75) is 33.8 Å². The largest absolute Gasteiger partial charge is 0.476 e. The van der Waals surface area contributed by atoms with Crippen molar-refractivity contribution >= 4 is 17.6 Å². The number of rotatable bonds is 4. The third kappa shape index (κ3) is 4.65. The molecular formula is C13H19ClO3. The van der Waals surface area contributed by atoms with Crippen LogP contribution in [0.2, 0.25) is 5.02 Å². The summed E-state index contributed by atoms with van der Waals surface area (Å²) in [6.07, 6.45) is 0. The van der Waals surface area contributed by atoms with E-state index >= 15 is 0 Å². The molecule has 0 bridgehead atoms. The molecule has 96 valence electrons. The van der Waals surface area contributed by atoms with Crippen LogP contribution in [-0.4, -0.2) is 18.2 Å². The van der Waals surface area contributed by atoms with Gasteiger partial charge in [0.15, 0.2) is 5.60 Å². The smallest absolute Gasteiger partial charge is 0.349 e. The summed E-state index contributed by atoms with van der Waals surface area (Å²) in [7, 11) is 0. The standard InChI is InChI=1S/C12H15ClO3.CH4/c1-4-15-11(14)12(2,3)16-10-7-5-9(13)6-8-10;/h5-8H,4H2,1-3H3;1H4. The predicted molar refractivity (Wildman–Crippen MR) is 69.5 cm³/mol. The van der Waals surface area contributed by atoms with E-state index in [0.717, 1.165) is 0 Å². The van der Waals surface area contributed by atoms with Crippen molar-refractivity contribution in [3.8, 4) is 5.75 Å². The molecule has 3 nitrogen and oxygen atoms in total. The van der Waals surface area contributed by atoms with Gasteiger partial charge < -0.3 is 9.47 Å². The second-order valence-corrected chi connectivity index (χ2v) is 4.22. The van der Waals surface area contributed by atoms with Crippen LogP contribution in [0, 0.1) is 0 Å². The molecule has 0 fully saturated rings. The van der Waals surface area contributed by atoms with Crippen LogP contribution in [0.25, 0.3) is 0 Å². The van der Waals surface area contributed by atoms with Gasteiger partial charge in [-0.25, -0.2) is 4.79 Å². The SMILES string of the molecule is C.CCOC(=O)C(C)(C)Oc1ccc(Cl)cc1. The molecule has 1 aromatic rings. The molecule has 0 atom stereocenters. The molecule has 0 N–H and O–H groups in total. The summed E-state index contributed by atoms with van der Waals surface area (Å²) in [6.45, 7) is 5.43. The quantitative estimate of drug-likeness (QED) is 0.773. The van der Waals surface area contributed by atoms with E-state index in [-0.39, 0.29) is 13.4 Å². The molecule has 0 spiro atoms. The van der Waals surface area contributed by atoms with E-state index in [4.69, 9.17) is 21.1 Å². The Morgan fingerprint density at radius 1 is 1.29 bits per heavy atom. The van der Waals surface area contributed by atoms with E-state index in [2.05, 4.69) is 0 Å². The first kappa shape index (κ1) is 15.8. The average molecular weight is 259 g/mol. The van der Waals surface area contributed by atoms with Crippen LogP contribution < -0.4 is 4.74 Å². The van der Waals surface area contributed by atoms with Crippen LogP contribution in [0.15, 0.2) is 24.3 Å². The number of benzene rings is 1. The van der Waals surface area contributed by atoms with Crippen molar-refractivity contribution in [1.82, 2.24) is 0 Å². The second kappa shape index (κ2) is 6.50. The molecule has 0 saturated carbocycles. The number of hydrogen-bond acceptors (Lipinski definition) is 3. The highest BCUT2D eigenvalue weighted by molar-refractivity contribution is 6.30. The van der Waals surface area contributed by atoms with Crippen LogP contribution in [0.5, 0.6) is 5.75 Å². The summed E-state index contributed by atoms with van der Waals surface area (Å²) in [4.78, 5) is 11.6. The Morgan fingerprint density at radius 3 is 2.29 bits per heavy atom. The maximum atomic E-state index is 11.6. The zero-order valence-corrected chi connectivity index (χ0v) is 10.4. The summed E-state index contributed by atoms with van der Waals surface area (Å²) >= 11 is 5.75. The maximum absolute atomic E-state index is 11.6. The summed E-state index contributed by atoms with van der Waals surface area (Å²) < 4.78 is 10.5. The number of esters is 1. The number of carbonyl (C=O) groups is 1. The van der Waals surface area contributed by atoms with Gasteiger partial charge in [0.25, 0.3) is 0 Å². The molecule has 0 aliphatic carbocycles. The summed E-state index contributed by atoms with van der Waals surface area (Å²) in [6, 6.07) is 6.84. The minimum Gasteiger partial charge on any atom is -0.476 e. The van der Waals surface area contributed by atoms with Gasteiger partial charge in [-0.1, -0.05) is 19.0 Å². The maximum Gasteiger partial charge on any atom is 0.349 e. The van der Waals surface area contributed by atoms with Crippen LogP contribution in [0.3, 0.4) is 0 Å². The Morgan fingerprint density at radius 2 is 1.82 bits per heavy atom. The highest BCUT2D eigenvalue weighted by Crippen LogP contribution is 2.21. The summed E-state index contributed by atoms with van der Waals surface area (Å²) in [5.41, 5.74) is -0.996. The van der Waals surface area contributed by atoms with Gasteiger partial charge >= 0.3 is 5.97 Å². The fraction of sp³-hybridized carbons (Fsp3) is 0.462. The molecule has 0 amide bonds. The van der Waals surface area contributed by atoms with Crippen molar-refractivity contribution in [3.05, 3.63) is 29.3 Å². The van der Waals surface area contributed by atoms with Crippen molar-refractivity contribution in [1.29, 1.82) is 0 Å². The van der Waals surface area contributed by atoms with E-state index in [1.54, 1.807) is 45.0 Å². The highest BCUT2D eigenvalue weighted by atomic mass is 35.5. The van der Waals surface area contributed by atoms with E-state index in [9.17, 15) is 4.79 Å². The van der Waals surface area contributed by atoms with Crippen molar-refractivity contribution in [3.63, 3.8) is 0 Å². The van der Waals surface area contributed by atoms with Gasteiger partial charge in [-0.15, -0.1) is 0 Å². The Kier molecular flexibility index (Phi) is 6.03. The van der Waals surface area contributed by atoms with Crippen LogP contribution in [-0.2, 0) is 9.53 Å². The first-order valence-electron chi connectivity index (χ1n) is 5.07. The van der Waals surface area contributed by atoms with E-state index in [0.29, 0.717) is 17.4 Å². The second-order valence-electron chi connectivity index (χ2n) is 3.79. The van der Waals surface area contributed by atoms with Crippen molar-refractivity contribution in [2.24, 2.45) is 0 Å². The zero-order chi connectivity index (χ0) is 12.2. The third-order valence-corrected chi connectivity index (χ3v) is 2.21. The molecule has 0 radical (unpaired) electrons. The van der Waals surface area contributed by atoms with Crippen molar-refractivity contribution < 1.29 is 14.3 Å². The van der Waals surface area contributed by atoms with E-state index in [1.165, 1.54) is 0 Å². The molecule has 1 rings (SSSR count). The Balaban J connectivity index is 0.00000256. The lowest BCUT2D eigenvalue weighted by molar-refractivity contribution is -0.158. The zero-order valence-electron chi connectivity index (χ0n) is 9.62. The van der Waals surface area contributed by atoms with Crippen LogP contribution >= 0.6 is 11.6 Å². The molecule has 0 saturated heterocycles. The van der Waals surface area contributed by atoms with Gasteiger partial charge in [0, 0.05) is 5.02 Å². The van der Waals surface area contributed by atoms with Crippen LogP contribution in [0.1, 0.15) is 28.2 Å².